The van der Waals surface area contributed by atoms with Crippen molar-refractivity contribution < 1.29 is 13.2 Å². The number of nitrogens with one attached hydrogen (secondary N) is 2. The Morgan fingerprint density at radius 2 is 1.85 bits per heavy atom. The fraction of sp³-hybridized carbons (Fsp3) is 0.692. The van der Waals surface area contributed by atoms with Crippen LogP contribution in [0.2, 0.25) is 0 Å². The summed E-state index contributed by atoms with van der Waals surface area (Å²) in [5.74, 6) is -0.670. The molecule has 112 valence electrons. The molecule has 0 saturated heterocycles. The molecule has 2 rings (SSSR count). The van der Waals surface area contributed by atoms with Gasteiger partial charge in [0.15, 0.2) is 0 Å². The van der Waals surface area contributed by atoms with E-state index < -0.39 is 12.0 Å². The van der Waals surface area contributed by atoms with E-state index in [4.69, 9.17) is 0 Å². The Hall–Kier alpha value is -1.53. The van der Waals surface area contributed by atoms with Crippen molar-refractivity contribution in [2.75, 3.05) is 17.2 Å². The van der Waals surface area contributed by atoms with Crippen LogP contribution in [0.15, 0.2) is 6.07 Å². The quantitative estimate of drug-likeness (QED) is 0.868. The second-order valence-electron chi connectivity index (χ2n) is 5.10. The van der Waals surface area contributed by atoms with Crippen molar-refractivity contribution in [1.29, 1.82) is 0 Å². The lowest BCUT2D eigenvalue weighted by atomic mass is 9.75. The monoisotopic (exact) mass is 288 g/mol. The van der Waals surface area contributed by atoms with E-state index in [-0.39, 0.29) is 17.2 Å². The average Bonchev–Trinajstić information content (AvgIpc) is 2.33. The highest BCUT2D eigenvalue weighted by molar-refractivity contribution is 5.49. The van der Waals surface area contributed by atoms with Crippen molar-refractivity contribution >= 4 is 11.6 Å². The molecule has 1 heterocycles. The molecular formula is C13H19F3N4. The van der Waals surface area contributed by atoms with Crippen LogP contribution >= 0.6 is 0 Å². The maximum absolute atomic E-state index is 12.8. The highest BCUT2D eigenvalue weighted by Gasteiger charge is 2.38. The molecule has 0 aliphatic heterocycles. The molecule has 0 aromatic carbocycles. The van der Waals surface area contributed by atoms with E-state index in [9.17, 15) is 13.2 Å². The van der Waals surface area contributed by atoms with Gasteiger partial charge in [-0.05, 0) is 32.6 Å². The summed E-state index contributed by atoms with van der Waals surface area (Å²) >= 11 is 0. The molecule has 1 aliphatic rings. The van der Waals surface area contributed by atoms with Crippen LogP contribution in [0.3, 0.4) is 0 Å². The van der Waals surface area contributed by atoms with E-state index in [1.807, 2.05) is 13.8 Å². The number of nitrogens with zero attached hydrogens (tertiary/aromatic N) is 2. The Kier molecular flexibility index (Phi) is 4.06. The van der Waals surface area contributed by atoms with Crippen LogP contribution in [0.4, 0.5) is 24.8 Å². The van der Waals surface area contributed by atoms with Crippen molar-refractivity contribution in [3.63, 3.8) is 0 Å². The average molecular weight is 288 g/mol. The van der Waals surface area contributed by atoms with Crippen molar-refractivity contribution in [2.24, 2.45) is 0 Å². The van der Waals surface area contributed by atoms with Gasteiger partial charge in [0.2, 0.25) is 5.82 Å². The fourth-order valence-corrected chi connectivity index (χ4v) is 2.35. The van der Waals surface area contributed by atoms with E-state index in [1.165, 1.54) is 6.07 Å². The van der Waals surface area contributed by atoms with Gasteiger partial charge in [-0.1, -0.05) is 6.92 Å². The third kappa shape index (κ3) is 3.13. The molecule has 20 heavy (non-hydrogen) atoms. The van der Waals surface area contributed by atoms with Gasteiger partial charge in [-0.15, -0.1) is 0 Å². The van der Waals surface area contributed by atoms with E-state index >= 15 is 0 Å². The summed E-state index contributed by atoms with van der Waals surface area (Å²) in [5.41, 5.74) is -0.110. The van der Waals surface area contributed by atoms with Gasteiger partial charge >= 0.3 is 6.18 Å². The van der Waals surface area contributed by atoms with Gasteiger partial charge in [0.1, 0.15) is 11.6 Å². The van der Waals surface area contributed by atoms with Crippen molar-refractivity contribution in [1.82, 2.24) is 9.97 Å². The second kappa shape index (κ2) is 5.46. The Labute approximate surface area is 116 Å². The number of hydrogen-bond donors (Lipinski definition) is 2. The van der Waals surface area contributed by atoms with Gasteiger partial charge in [-0.2, -0.15) is 13.2 Å². The Balaban J connectivity index is 2.29. The van der Waals surface area contributed by atoms with Crippen LogP contribution in [-0.4, -0.2) is 22.1 Å². The topological polar surface area (TPSA) is 49.8 Å². The minimum Gasteiger partial charge on any atom is -0.370 e. The lowest BCUT2D eigenvalue weighted by Crippen LogP contribution is -2.44. The Morgan fingerprint density at radius 3 is 2.30 bits per heavy atom. The zero-order valence-electron chi connectivity index (χ0n) is 11.6. The first-order valence-electron chi connectivity index (χ1n) is 6.87. The molecule has 1 saturated carbocycles. The van der Waals surface area contributed by atoms with E-state index in [0.29, 0.717) is 6.54 Å². The molecule has 7 heteroatoms. The lowest BCUT2D eigenvalue weighted by Gasteiger charge is -2.42. The fourth-order valence-electron chi connectivity index (χ4n) is 2.35. The van der Waals surface area contributed by atoms with E-state index in [1.54, 1.807) is 0 Å². The summed E-state index contributed by atoms with van der Waals surface area (Å²) in [7, 11) is 0. The zero-order valence-corrected chi connectivity index (χ0v) is 11.6. The van der Waals surface area contributed by atoms with Gasteiger partial charge in [0, 0.05) is 18.2 Å². The van der Waals surface area contributed by atoms with Crippen molar-refractivity contribution in [3.8, 4) is 0 Å². The number of alkyl halides is 3. The normalized spacial score (nSPS) is 17.4. The van der Waals surface area contributed by atoms with Crippen molar-refractivity contribution in [3.05, 3.63) is 11.9 Å². The van der Waals surface area contributed by atoms with Gasteiger partial charge < -0.3 is 10.6 Å². The summed E-state index contributed by atoms with van der Waals surface area (Å²) in [5, 5.41) is 5.97. The molecule has 0 bridgehead atoms. The van der Waals surface area contributed by atoms with E-state index in [2.05, 4.69) is 20.6 Å². The van der Waals surface area contributed by atoms with Crippen LogP contribution in [-0.2, 0) is 6.18 Å². The standard InChI is InChI=1S/C13H19F3N4/c1-3-12(6-5-7-12)20-10-8-9(17-4-2)18-11(19-10)13(14,15)16/h8H,3-7H2,1-2H3,(H2,17,18,19,20). The summed E-state index contributed by atoms with van der Waals surface area (Å²) in [6.07, 6.45) is -0.648. The summed E-state index contributed by atoms with van der Waals surface area (Å²) in [6, 6.07) is 1.54. The highest BCUT2D eigenvalue weighted by atomic mass is 19.4. The van der Waals surface area contributed by atoms with Crippen LogP contribution < -0.4 is 10.6 Å². The third-order valence-electron chi connectivity index (χ3n) is 3.72. The third-order valence-corrected chi connectivity index (χ3v) is 3.72. The molecule has 0 spiro atoms. The van der Waals surface area contributed by atoms with Gasteiger partial charge in [-0.25, -0.2) is 9.97 Å². The SMILES string of the molecule is CCNc1cc(NC2(CC)CCC2)nc(C(F)(F)F)n1. The minimum atomic E-state index is -4.54. The molecule has 0 radical (unpaired) electrons. The maximum atomic E-state index is 12.8. The zero-order chi connectivity index (χ0) is 14.8. The molecule has 0 atom stereocenters. The first kappa shape index (κ1) is 14.9. The molecule has 4 nitrogen and oxygen atoms in total. The van der Waals surface area contributed by atoms with Crippen molar-refractivity contribution in [2.45, 2.75) is 51.2 Å². The predicted octanol–water partition coefficient (Wildman–Crippen LogP) is 3.67. The molecular weight excluding hydrogens is 269 g/mol. The minimum absolute atomic E-state index is 0.110. The Morgan fingerprint density at radius 1 is 1.20 bits per heavy atom. The highest BCUT2D eigenvalue weighted by Crippen LogP contribution is 2.38. The molecule has 0 amide bonds. The summed E-state index contributed by atoms with van der Waals surface area (Å²) in [6.45, 7) is 4.35. The summed E-state index contributed by atoms with van der Waals surface area (Å²) in [4.78, 5) is 7.12. The van der Waals surface area contributed by atoms with Gasteiger partial charge in [0.25, 0.3) is 0 Å². The van der Waals surface area contributed by atoms with Crippen LogP contribution in [0.25, 0.3) is 0 Å². The molecule has 0 unspecified atom stereocenters. The number of rotatable bonds is 5. The molecule has 1 aromatic heterocycles. The second-order valence-corrected chi connectivity index (χ2v) is 5.10. The van der Waals surface area contributed by atoms with Gasteiger partial charge in [0.05, 0.1) is 0 Å². The molecule has 1 fully saturated rings. The molecule has 1 aliphatic carbocycles. The smallest absolute Gasteiger partial charge is 0.370 e. The van der Waals surface area contributed by atoms with Crippen LogP contribution in [0.5, 0.6) is 0 Å². The van der Waals surface area contributed by atoms with E-state index in [0.717, 1.165) is 25.7 Å². The number of halogens is 3. The maximum Gasteiger partial charge on any atom is 0.451 e. The largest absolute Gasteiger partial charge is 0.451 e. The molecule has 2 N–H and O–H groups in total. The number of aromatic nitrogens is 2. The number of anilines is 2. The lowest BCUT2D eigenvalue weighted by molar-refractivity contribution is -0.144. The molecule has 1 aromatic rings. The van der Waals surface area contributed by atoms with Crippen LogP contribution in [0.1, 0.15) is 45.4 Å². The summed E-state index contributed by atoms with van der Waals surface area (Å²) < 4.78 is 38.5. The first-order chi connectivity index (χ1) is 9.38. The van der Waals surface area contributed by atoms with Crippen LogP contribution in [0, 0.1) is 0 Å². The first-order valence-corrected chi connectivity index (χ1v) is 6.87. The Bertz CT molecular complexity index is 464. The van der Waals surface area contributed by atoms with Gasteiger partial charge in [-0.3, -0.25) is 0 Å². The predicted molar refractivity (Wildman–Crippen MR) is 71.7 cm³/mol. The number of hydrogen-bond acceptors (Lipinski definition) is 4.